The van der Waals surface area contributed by atoms with Crippen molar-refractivity contribution < 1.29 is 33.3 Å². The molecule has 0 radical (unpaired) electrons. The van der Waals surface area contributed by atoms with Gasteiger partial charge in [-0.05, 0) is 30.3 Å². The maximum atomic E-state index is 12.2. The first-order chi connectivity index (χ1) is 14.7. The van der Waals surface area contributed by atoms with Gasteiger partial charge in [0.2, 0.25) is 0 Å². The molecule has 0 aromatic heterocycles. The van der Waals surface area contributed by atoms with Gasteiger partial charge in [-0.3, -0.25) is 0 Å². The molecule has 162 valence electrons. The number of hydrogen-bond acceptors (Lipinski definition) is 9. The van der Waals surface area contributed by atoms with E-state index in [1.165, 1.54) is 33.2 Å². The lowest BCUT2D eigenvalue weighted by atomic mass is 10.1. The zero-order valence-corrected chi connectivity index (χ0v) is 17.5. The molecule has 1 aliphatic rings. The van der Waals surface area contributed by atoms with E-state index in [1.54, 1.807) is 25.3 Å². The van der Waals surface area contributed by atoms with Gasteiger partial charge in [-0.2, -0.15) is 0 Å². The molecule has 0 amide bonds. The van der Waals surface area contributed by atoms with Crippen molar-refractivity contribution >= 4 is 35.0 Å². The summed E-state index contributed by atoms with van der Waals surface area (Å²) in [7, 11) is 2.82. The van der Waals surface area contributed by atoms with Crippen LogP contribution in [0.5, 0.6) is 5.75 Å². The summed E-state index contributed by atoms with van der Waals surface area (Å²) >= 11 is 0. The third-order valence-electron chi connectivity index (χ3n) is 4.31. The maximum Gasteiger partial charge on any atom is 0.350 e. The van der Waals surface area contributed by atoms with E-state index in [4.69, 9.17) is 18.9 Å². The number of carbonyl (C=O) groups is 3. The lowest BCUT2D eigenvalue weighted by molar-refractivity contribution is -0.222. The molecular weight excluding hydrogens is 404 g/mol. The number of carbonyl (C=O) groups excluding carboxylic acids is 3. The largest absolute Gasteiger partial charge is 0.495 e. The molecule has 1 aliphatic heterocycles. The average Bonchev–Trinajstić information content (AvgIpc) is 2.73. The summed E-state index contributed by atoms with van der Waals surface area (Å²) in [6.45, 7) is 2.92. The van der Waals surface area contributed by atoms with Crippen LogP contribution in [0.4, 0.5) is 17.1 Å². The van der Waals surface area contributed by atoms with Crippen LogP contribution < -0.4 is 15.4 Å². The van der Waals surface area contributed by atoms with Crippen molar-refractivity contribution in [2.75, 3.05) is 24.9 Å². The van der Waals surface area contributed by atoms with Gasteiger partial charge in [0.25, 0.3) is 5.79 Å². The van der Waals surface area contributed by atoms with E-state index in [0.717, 1.165) is 0 Å². The maximum absolute atomic E-state index is 12.2. The van der Waals surface area contributed by atoms with Crippen molar-refractivity contribution in [1.29, 1.82) is 0 Å². The van der Waals surface area contributed by atoms with E-state index in [9.17, 15) is 14.4 Å². The molecule has 0 spiro atoms. The average molecular weight is 426 g/mol. The van der Waals surface area contributed by atoms with Gasteiger partial charge in [-0.1, -0.05) is 12.1 Å². The molecule has 0 saturated carbocycles. The van der Waals surface area contributed by atoms with E-state index in [2.05, 4.69) is 10.6 Å². The van der Waals surface area contributed by atoms with Crippen LogP contribution in [0.25, 0.3) is 0 Å². The van der Waals surface area contributed by atoms with E-state index in [1.807, 2.05) is 18.2 Å². The van der Waals surface area contributed by atoms with E-state index in [0.29, 0.717) is 22.8 Å². The molecule has 9 nitrogen and oxygen atoms in total. The molecule has 3 rings (SSSR count). The third-order valence-corrected chi connectivity index (χ3v) is 4.31. The molecule has 2 aromatic rings. The number of para-hydroxylation sites is 2. The number of hydrogen-bond donors (Lipinski definition) is 2. The first-order valence-electron chi connectivity index (χ1n) is 9.30. The zero-order valence-electron chi connectivity index (χ0n) is 17.5. The van der Waals surface area contributed by atoms with Gasteiger partial charge in [0.1, 0.15) is 5.75 Å². The molecule has 9 heteroatoms. The Hall–Kier alpha value is -4.01. The summed E-state index contributed by atoms with van der Waals surface area (Å²) in [4.78, 5) is 36.3. The van der Waals surface area contributed by atoms with Gasteiger partial charge in [-0.15, -0.1) is 0 Å². The molecule has 31 heavy (non-hydrogen) atoms. The number of ether oxygens (including phenoxy) is 4. The number of rotatable bonds is 6. The van der Waals surface area contributed by atoms with Crippen molar-refractivity contribution in [2.24, 2.45) is 0 Å². The highest BCUT2D eigenvalue weighted by atomic mass is 16.7. The molecule has 0 unspecified atom stereocenters. The van der Waals surface area contributed by atoms with Crippen LogP contribution in [0, 0.1) is 0 Å². The molecule has 0 atom stereocenters. The lowest BCUT2D eigenvalue weighted by Crippen LogP contribution is -2.42. The van der Waals surface area contributed by atoms with Crippen LogP contribution in [-0.2, 0) is 23.8 Å². The van der Waals surface area contributed by atoms with E-state index >= 15 is 0 Å². The second kappa shape index (κ2) is 8.78. The summed E-state index contributed by atoms with van der Waals surface area (Å²) in [5.41, 5.74) is 1.57. The predicted molar refractivity (Wildman–Crippen MR) is 112 cm³/mol. The highest BCUT2D eigenvalue weighted by Crippen LogP contribution is 2.32. The number of cyclic esters (lactones) is 2. The van der Waals surface area contributed by atoms with Crippen LogP contribution in [0.15, 0.2) is 54.2 Å². The summed E-state index contributed by atoms with van der Waals surface area (Å²) < 4.78 is 20.3. The molecule has 2 aromatic carbocycles. The van der Waals surface area contributed by atoms with Crippen LogP contribution >= 0.6 is 0 Å². The molecule has 0 bridgehead atoms. The molecule has 2 N–H and O–H groups in total. The van der Waals surface area contributed by atoms with Gasteiger partial charge < -0.3 is 29.6 Å². The monoisotopic (exact) mass is 426 g/mol. The first-order valence-corrected chi connectivity index (χ1v) is 9.30. The van der Waals surface area contributed by atoms with Crippen molar-refractivity contribution in [3.8, 4) is 5.75 Å². The van der Waals surface area contributed by atoms with Crippen molar-refractivity contribution in [2.45, 2.75) is 19.6 Å². The third kappa shape index (κ3) is 4.95. The van der Waals surface area contributed by atoms with Crippen molar-refractivity contribution in [3.63, 3.8) is 0 Å². The summed E-state index contributed by atoms with van der Waals surface area (Å²) in [5, 5.41) is 6.07. The minimum absolute atomic E-state index is 0.268. The number of nitrogens with one attached hydrogen (secondary N) is 2. The van der Waals surface area contributed by atoms with Gasteiger partial charge in [0.05, 0.1) is 36.8 Å². The van der Waals surface area contributed by atoms with Crippen molar-refractivity contribution in [1.82, 2.24) is 0 Å². The Kier molecular flexibility index (Phi) is 6.15. The number of anilines is 3. The van der Waals surface area contributed by atoms with E-state index in [-0.39, 0.29) is 11.1 Å². The number of benzene rings is 2. The number of esters is 3. The molecule has 1 heterocycles. The highest BCUT2D eigenvalue weighted by Gasteiger charge is 2.39. The second-order valence-electron chi connectivity index (χ2n) is 6.96. The fourth-order valence-electron chi connectivity index (χ4n) is 2.84. The summed E-state index contributed by atoms with van der Waals surface area (Å²) in [5.74, 6) is -2.93. The molecule has 1 fully saturated rings. The summed E-state index contributed by atoms with van der Waals surface area (Å²) in [6, 6.07) is 12.0. The minimum Gasteiger partial charge on any atom is -0.495 e. The van der Waals surface area contributed by atoms with Crippen LogP contribution in [-0.4, -0.2) is 37.9 Å². The van der Waals surface area contributed by atoms with E-state index < -0.39 is 23.7 Å². The van der Waals surface area contributed by atoms with Gasteiger partial charge in [0.15, 0.2) is 5.57 Å². The SMILES string of the molecule is COC(=O)c1ccc(Nc2ccccc2OC)c(NC=C2C(=O)OC(C)(C)OC2=O)c1. The Bertz CT molecular complexity index is 1040. The summed E-state index contributed by atoms with van der Waals surface area (Å²) in [6.07, 6.45) is 1.17. The first kappa shape index (κ1) is 21.7. The molecular formula is C22H22N2O7. The van der Waals surface area contributed by atoms with Gasteiger partial charge in [-0.25, -0.2) is 14.4 Å². The topological polar surface area (TPSA) is 112 Å². The number of methoxy groups -OCH3 is 2. The standard InChI is InChI=1S/C22H22N2O7/c1-22(2)30-20(26)14(21(27)31-22)12-23-17-11-13(19(25)29-4)9-10-15(17)24-16-7-5-6-8-18(16)28-3/h5-12,23-24H,1-4H3. The van der Waals surface area contributed by atoms with Crippen molar-refractivity contribution in [3.05, 3.63) is 59.8 Å². The van der Waals surface area contributed by atoms with Gasteiger partial charge in [0, 0.05) is 20.0 Å². The van der Waals surface area contributed by atoms with Crippen LogP contribution in [0.2, 0.25) is 0 Å². The Morgan fingerprint density at radius 1 is 0.968 bits per heavy atom. The fourth-order valence-corrected chi connectivity index (χ4v) is 2.84. The highest BCUT2D eigenvalue weighted by molar-refractivity contribution is 6.15. The quantitative estimate of drug-likeness (QED) is 0.408. The van der Waals surface area contributed by atoms with Crippen LogP contribution in [0.3, 0.4) is 0 Å². The molecule has 1 saturated heterocycles. The lowest BCUT2D eigenvalue weighted by Gasteiger charge is -2.29. The molecule has 0 aliphatic carbocycles. The Labute approximate surface area is 178 Å². The normalized spacial score (nSPS) is 14.8. The second-order valence-corrected chi connectivity index (χ2v) is 6.96. The van der Waals surface area contributed by atoms with Gasteiger partial charge >= 0.3 is 17.9 Å². The smallest absolute Gasteiger partial charge is 0.350 e. The fraction of sp³-hybridized carbons (Fsp3) is 0.227. The Morgan fingerprint density at radius 2 is 1.65 bits per heavy atom. The van der Waals surface area contributed by atoms with Crippen LogP contribution in [0.1, 0.15) is 24.2 Å². The predicted octanol–water partition coefficient (Wildman–Crippen LogP) is 3.36. The minimum atomic E-state index is -1.34. The zero-order chi connectivity index (χ0) is 22.6. The Morgan fingerprint density at radius 3 is 2.29 bits per heavy atom. The Balaban J connectivity index is 1.96.